The first-order chi connectivity index (χ1) is 14.9. The molecule has 1 aliphatic carbocycles. The fourth-order valence-corrected chi connectivity index (χ4v) is 3.59. The summed E-state index contributed by atoms with van der Waals surface area (Å²) in [5.74, 6) is 0.615. The van der Waals surface area contributed by atoms with Crippen LogP contribution in [0.5, 0.6) is 0 Å². The molecule has 4 aromatic rings. The van der Waals surface area contributed by atoms with Crippen molar-refractivity contribution in [2.24, 2.45) is 5.41 Å². The normalized spacial score (nSPS) is 15.0. The lowest BCUT2D eigenvalue weighted by molar-refractivity contribution is 0.151. The third-order valence-corrected chi connectivity index (χ3v) is 5.84. The molecule has 1 aliphatic rings. The van der Waals surface area contributed by atoms with Gasteiger partial charge in [0.25, 0.3) is 6.43 Å². The van der Waals surface area contributed by atoms with Crippen molar-refractivity contribution in [2.75, 3.05) is 18.4 Å². The van der Waals surface area contributed by atoms with Crippen molar-refractivity contribution in [3.05, 3.63) is 49.1 Å². The summed E-state index contributed by atoms with van der Waals surface area (Å²) in [5.41, 5.74) is 4.88. The molecule has 9 heteroatoms. The third-order valence-electron chi connectivity index (χ3n) is 5.84. The number of halogens is 2. The van der Waals surface area contributed by atoms with E-state index in [4.69, 9.17) is 0 Å². The van der Waals surface area contributed by atoms with Gasteiger partial charge in [-0.05, 0) is 36.0 Å². The van der Waals surface area contributed by atoms with Gasteiger partial charge in [-0.3, -0.25) is 0 Å². The molecule has 4 heterocycles. The highest BCUT2D eigenvalue weighted by molar-refractivity contribution is 5.94. The highest BCUT2D eigenvalue weighted by Gasteiger charge is 2.37. The molecule has 0 saturated heterocycles. The number of rotatable bonds is 8. The van der Waals surface area contributed by atoms with Gasteiger partial charge in [0.15, 0.2) is 0 Å². The summed E-state index contributed by atoms with van der Waals surface area (Å²) < 4.78 is 26.8. The van der Waals surface area contributed by atoms with Gasteiger partial charge in [-0.15, -0.1) is 0 Å². The number of nitrogens with zero attached hydrogens (tertiary/aromatic N) is 4. The average molecular weight is 423 g/mol. The summed E-state index contributed by atoms with van der Waals surface area (Å²) in [6, 6.07) is 3.90. The van der Waals surface area contributed by atoms with Gasteiger partial charge in [0.05, 0.1) is 18.3 Å². The van der Waals surface area contributed by atoms with Gasteiger partial charge in [0.2, 0.25) is 5.95 Å². The Morgan fingerprint density at radius 1 is 1.35 bits per heavy atom. The Kier molecular flexibility index (Phi) is 4.60. The topological polar surface area (TPSA) is 82.9 Å². The van der Waals surface area contributed by atoms with Crippen LogP contribution in [0.1, 0.15) is 25.3 Å². The van der Waals surface area contributed by atoms with Gasteiger partial charge in [0.1, 0.15) is 5.65 Å². The van der Waals surface area contributed by atoms with Crippen molar-refractivity contribution < 1.29 is 8.78 Å². The first kappa shape index (κ1) is 19.5. The van der Waals surface area contributed by atoms with E-state index >= 15 is 0 Å². The van der Waals surface area contributed by atoms with E-state index in [2.05, 4.69) is 44.2 Å². The Hall–Kier alpha value is -3.49. The van der Waals surface area contributed by atoms with E-state index in [1.54, 1.807) is 10.7 Å². The largest absolute Gasteiger partial charge is 0.379 e. The molecule has 5 rings (SSSR count). The van der Waals surface area contributed by atoms with E-state index in [1.165, 1.54) is 12.8 Å². The molecule has 0 radical (unpaired) electrons. The Morgan fingerprint density at radius 3 is 2.97 bits per heavy atom. The fraction of sp³-hybridized carbons (Fsp3) is 0.318. The SMILES string of the molecule is C=C(NCC(F)F)c1cnn2ccc(-c3c[nH]c4nc(NCC5(C)CC5)ncc34)cc12. The molecular formula is C22H23F2N7. The summed E-state index contributed by atoms with van der Waals surface area (Å²) in [6.45, 7) is 6.55. The fourth-order valence-electron chi connectivity index (χ4n) is 3.59. The van der Waals surface area contributed by atoms with Crippen molar-refractivity contribution in [1.82, 2.24) is 29.9 Å². The maximum absolute atomic E-state index is 12.5. The number of pyridine rings is 1. The number of hydrogen-bond acceptors (Lipinski definition) is 5. The molecule has 3 N–H and O–H groups in total. The number of H-pyrrole nitrogens is 1. The minimum atomic E-state index is -2.45. The van der Waals surface area contributed by atoms with Crippen molar-refractivity contribution in [2.45, 2.75) is 26.2 Å². The summed E-state index contributed by atoms with van der Waals surface area (Å²) in [7, 11) is 0. The number of alkyl halides is 2. The van der Waals surface area contributed by atoms with Crippen LogP contribution in [0.3, 0.4) is 0 Å². The smallest absolute Gasteiger partial charge is 0.255 e. The molecular weight excluding hydrogens is 400 g/mol. The molecule has 0 spiro atoms. The van der Waals surface area contributed by atoms with Crippen LogP contribution in [0.4, 0.5) is 14.7 Å². The zero-order valence-corrected chi connectivity index (χ0v) is 17.1. The maximum atomic E-state index is 12.5. The summed E-state index contributed by atoms with van der Waals surface area (Å²) in [4.78, 5) is 12.3. The van der Waals surface area contributed by atoms with Crippen LogP contribution in [0.2, 0.25) is 0 Å². The van der Waals surface area contributed by atoms with Gasteiger partial charge in [-0.2, -0.15) is 10.1 Å². The van der Waals surface area contributed by atoms with Crippen LogP contribution in [0, 0.1) is 5.41 Å². The predicted octanol–water partition coefficient (Wildman–Crippen LogP) is 4.31. The molecule has 1 fully saturated rings. The summed E-state index contributed by atoms with van der Waals surface area (Å²) in [6.07, 6.45) is 7.19. The van der Waals surface area contributed by atoms with Crippen molar-refractivity contribution in [1.29, 1.82) is 0 Å². The second kappa shape index (κ2) is 7.33. The van der Waals surface area contributed by atoms with Crippen molar-refractivity contribution >= 4 is 28.2 Å². The lowest BCUT2D eigenvalue weighted by atomic mass is 10.1. The minimum absolute atomic E-state index is 0.367. The van der Waals surface area contributed by atoms with E-state index in [0.717, 1.165) is 34.2 Å². The van der Waals surface area contributed by atoms with Crippen LogP contribution in [-0.2, 0) is 0 Å². The quantitative estimate of drug-likeness (QED) is 0.393. The Bertz CT molecular complexity index is 1270. The molecule has 0 aliphatic heterocycles. The standard InChI is InChI=1S/C22H23F2N7/c1-13(25-11-19(23)24)15-10-29-31-6-3-14(7-18(15)31)16-8-26-20-17(16)9-27-21(30-20)28-12-22(2)4-5-22/h3,6-10,19,25H,1,4-5,11-12H2,2H3,(H2,26,27,28,30). The third kappa shape index (κ3) is 3.83. The predicted molar refractivity (Wildman–Crippen MR) is 117 cm³/mol. The summed E-state index contributed by atoms with van der Waals surface area (Å²) in [5, 5.41) is 11.2. The van der Waals surface area contributed by atoms with Crippen LogP contribution in [0.25, 0.3) is 33.4 Å². The molecule has 0 unspecified atom stereocenters. The van der Waals surface area contributed by atoms with Gasteiger partial charge in [-0.25, -0.2) is 18.3 Å². The van der Waals surface area contributed by atoms with E-state index < -0.39 is 13.0 Å². The molecule has 160 valence electrons. The highest BCUT2D eigenvalue weighted by atomic mass is 19.3. The zero-order chi connectivity index (χ0) is 21.6. The second-order valence-corrected chi connectivity index (χ2v) is 8.38. The summed E-state index contributed by atoms with van der Waals surface area (Å²) >= 11 is 0. The zero-order valence-electron chi connectivity index (χ0n) is 17.1. The lowest BCUT2D eigenvalue weighted by Gasteiger charge is -2.09. The number of aromatic amines is 1. The van der Waals surface area contributed by atoms with E-state index in [9.17, 15) is 8.78 Å². The van der Waals surface area contributed by atoms with E-state index in [0.29, 0.717) is 22.6 Å². The average Bonchev–Trinajstić information content (AvgIpc) is 3.17. The maximum Gasteiger partial charge on any atom is 0.255 e. The van der Waals surface area contributed by atoms with Gasteiger partial charge >= 0.3 is 0 Å². The second-order valence-electron chi connectivity index (χ2n) is 8.38. The van der Waals surface area contributed by atoms with Crippen LogP contribution >= 0.6 is 0 Å². The monoisotopic (exact) mass is 423 g/mol. The molecule has 0 bridgehead atoms. The van der Waals surface area contributed by atoms with Gasteiger partial charge in [0, 0.05) is 47.3 Å². The Labute approximate surface area is 177 Å². The molecule has 1 saturated carbocycles. The van der Waals surface area contributed by atoms with Crippen LogP contribution < -0.4 is 10.6 Å². The Morgan fingerprint density at radius 2 is 2.19 bits per heavy atom. The van der Waals surface area contributed by atoms with Crippen LogP contribution in [0.15, 0.2) is 43.5 Å². The first-order valence-electron chi connectivity index (χ1n) is 10.2. The molecule has 0 atom stereocenters. The van der Waals surface area contributed by atoms with E-state index in [1.807, 2.05) is 30.7 Å². The molecule has 0 amide bonds. The highest BCUT2D eigenvalue weighted by Crippen LogP contribution is 2.44. The van der Waals surface area contributed by atoms with Gasteiger partial charge < -0.3 is 15.6 Å². The lowest BCUT2D eigenvalue weighted by Crippen LogP contribution is -2.19. The molecule has 7 nitrogen and oxygen atoms in total. The van der Waals surface area contributed by atoms with Crippen molar-refractivity contribution in [3.8, 4) is 11.1 Å². The number of aromatic nitrogens is 5. The molecule has 31 heavy (non-hydrogen) atoms. The number of anilines is 1. The number of hydrogen-bond donors (Lipinski definition) is 3. The number of fused-ring (bicyclic) bond motifs is 2. The van der Waals surface area contributed by atoms with Gasteiger partial charge in [-0.1, -0.05) is 13.5 Å². The van der Waals surface area contributed by atoms with Crippen LogP contribution in [-0.4, -0.2) is 44.1 Å². The minimum Gasteiger partial charge on any atom is -0.379 e. The molecule has 4 aromatic heterocycles. The van der Waals surface area contributed by atoms with Crippen molar-refractivity contribution in [3.63, 3.8) is 0 Å². The number of nitrogens with one attached hydrogen (secondary N) is 3. The Balaban J connectivity index is 1.44. The molecule has 0 aromatic carbocycles. The first-order valence-corrected chi connectivity index (χ1v) is 10.2. The van der Waals surface area contributed by atoms with E-state index in [-0.39, 0.29) is 0 Å².